The maximum atomic E-state index is 14.6. The van der Waals surface area contributed by atoms with E-state index in [1.807, 2.05) is 30.3 Å². The van der Waals surface area contributed by atoms with Gasteiger partial charge in [-0.15, -0.1) is 0 Å². The predicted molar refractivity (Wildman–Crippen MR) is 75.8 cm³/mol. The summed E-state index contributed by atoms with van der Waals surface area (Å²) < 4.78 is 37.0. The van der Waals surface area contributed by atoms with Crippen LogP contribution < -0.4 is 0 Å². The van der Waals surface area contributed by atoms with Gasteiger partial charge in [-0.2, -0.15) is 0 Å². The number of hydrogen-bond acceptors (Lipinski definition) is 3. The van der Waals surface area contributed by atoms with E-state index in [1.54, 1.807) is 19.9 Å². The molecule has 0 aliphatic rings. The van der Waals surface area contributed by atoms with Crippen LogP contribution in [-0.2, 0) is 13.6 Å². The van der Waals surface area contributed by atoms with Crippen molar-refractivity contribution in [2.24, 2.45) is 0 Å². The Kier molecular flexibility index (Phi) is 5.92. The van der Waals surface area contributed by atoms with Gasteiger partial charge in [0.25, 0.3) is 0 Å². The topological polar surface area (TPSA) is 35.5 Å². The van der Waals surface area contributed by atoms with Gasteiger partial charge in [0.05, 0.1) is 13.2 Å². The van der Waals surface area contributed by atoms with Crippen molar-refractivity contribution in [2.45, 2.75) is 26.2 Å². The van der Waals surface area contributed by atoms with E-state index < -0.39 is 13.0 Å². The minimum Gasteiger partial charge on any atom is -0.306 e. The first-order valence-electron chi connectivity index (χ1n) is 6.27. The number of hydrogen-bond donors (Lipinski definition) is 0. The van der Waals surface area contributed by atoms with Gasteiger partial charge in [0.2, 0.25) is 5.41 Å². The van der Waals surface area contributed by atoms with E-state index in [0.29, 0.717) is 0 Å². The molecule has 5 heteroatoms. The van der Waals surface area contributed by atoms with E-state index in [1.165, 1.54) is 13.0 Å². The summed E-state index contributed by atoms with van der Waals surface area (Å²) in [6, 6.07) is 9.23. The number of alkyl halides is 1. The van der Waals surface area contributed by atoms with E-state index >= 15 is 0 Å². The Morgan fingerprint density at radius 2 is 1.74 bits per heavy atom. The van der Waals surface area contributed by atoms with Crippen LogP contribution in [-0.4, -0.2) is 18.6 Å². The molecule has 1 atom stereocenters. The highest BCUT2D eigenvalue weighted by atomic mass is 31.2. The SMILES string of the molecule is CCOP(=O)(OCC)C(C)(F)/C=C/c1ccccc1. The van der Waals surface area contributed by atoms with E-state index in [-0.39, 0.29) is 13.2 Å². The molecule has 0 radical (unpaired) electrons. The van der Waals surface area contributed by atoms with Gasteiger partial charge in [-0.1, -0.05) is 36.4 Å². The number of halogens is 1. The quantitative estimate of drug-likeness (QED) is 0.684. The first kappa shape index (κ1) is 16.1. The Labute approximate surface area is 114 Å². The molecule has 1 aromatic rings. The van der Waals surface area contributed by atoms with Crippen LogP contribution in [0.3, 0.4) is 0 Å². The smallest absolute Gasteiger partial charge is 0.306 e. The number of benzene rings is 1. The molecule has 106 valence electrons. The highest BCUT2D eigenvalue weighted by Crippen LogP contribution is 2.61. The molecule has 0 saturated carbocycles. The minimum absolute atomic E-state index is 0.135. The second-order valence-corrected chi connectivity index (χ2v) is 6.49. The lowest BCUT2D eigenvalue weighted by molar-refractivity contribution is 0.172. The van der Waals surface area contributed by atoms with Gasteiger partial charge in [0.15, 0.2) is 0 Å². The lowest BCUT2D eigenvalue weighted by Gasteiger charge is -2.26. The van der Waals surface area contributed by atoms with Crippen molar-refractivity contribution in [3.63, 3.8) is 0 Å². The molecule has 0 spiro atoms. The number of allylic oxidation sites excluding steroid dienone is 1. The summed E-state index contributed by atoms with van der Waals surface area (Å²) in [7, 11) is -3.81. The molecular weight excluding hydrogens is 266 g/mol. The van der Waals surface area contributed by atoms with Crippen LogP contribution in [0.15, 0.2) is 36.4 Å². The molecule has 1 aromatic carbocycles. The van der Waals surface area contributed by atoms with Gasteiger partial charge in [-0.05, 0) is 32.4 Å². The molecule has 0 N–H and O–H groups in total. The van der Waals surface area contributed by atoms with Crippen molar-refractivity contribution in [3.05, 3.63) is 42.0 Å². The Bertz CT molecular complexity index is 447. The molecule has 19 heavy (non-hydrogen) atoms. The van der Waals surface area contributed by atoms with Crippen molar-refractivity contribution in [2.75, 3.05) is 13.2 Å². The highest BCUT2D eigenvalue weighted by Gasteiger charge is 2.45. The first-order valence-corrected chi connectivity index (χ1v) is 7.82. The van der Waals surface area contributed by atoms with Crippen LogP contribution in [0, 0.1) is 0 Å². The highest BCUT2D eigenvalue weighted by molar-refractivity contribution is 7.55. The zero-order valence-electron chi connectivity index (χ0n) is 11.5. The zero-order valence-corrected chi connectivity index (χ0v) is 12.4. The zero-order chi connectivity index (χ0) is 14.4. The van der Waals surface area contributed by atoms with Gasteiger partial charge >= 0.3 is 7.60 Å². The average molecular weight is 286 g/mol. The largest absolute Gasteiger partial charge is 0.371 e. The lowest BCUT2D eigenvalue weighted by Crippen LogP contribution is -2.19. The molecule has 0 saturated heterocycles. The number of rotatable bonds is 7. The van der Waals surface area contributed by atoms with E-state index in [0.717, 1.165) is 5.56 Å². The van der Waals surface area contributed by atoms with E-state index in [9.17, 15) is 8.96 Å². The maximum absolute atomic E-state index is 14.6. The van der Waals surface area contributed by atoms with Gasteiger partial charge in [-0.25, -0.2) is 4.39 Å². The van der Waals surface area contributed by atoms with Crippen LogP contribution in [0.25, 0.3) is 6.08 Å². The van der Waals surface area contributed by atoms with Crippen LogP contribution in [0.1, 0.15) is 26.3 Å². The third-order valence-corrected chi connectivity index (χ3v) is 4.93. The van der Waals surface area contributed by atoms with E-state index in [4.69, 9.17) is 9.05 Å². The summed E-state index contributed by atoms with van der Waals surface area (Å²) in [6.45, 7) is 4.79. The van der Waals surface area contributed by atoms with Crippen LogP contribution in [0.5, 0.6) is 0 Å². The molecule has 0 amide bonds. The standard InChI is InChI=1S/C14H20FO3P/c1-4-17-19(16,18-5-2)14(3,15)12-11-13-9-7-6-8-10-13/h6-12H,4-5H2,1-3H3/b12-11+. The van der Waals surface area contributed by atoms with Gasteiger partial charge in [0, 0.05) is 0 Å². The second kappa shape index (κ2) is 6.99. The van der Waals surface area contributed by atoms with Crippen molar-refractivity contribution in [1.82, 2.24) is 0 Å². The van der Waals surface area contributed by atoms with Crippen molar-refractivity contribution >= 4 is 13.7 Å². The Morgan fingerprint density at radius 3 is 2.21 bits per heavy atom. The van der Waals surface area contributed by atoms with Gasteiger partial charge in [-0.3, -0.25) is 4.57 Å². The molecule has 0 aliphatic heterocycles. The minimum atomic E-state index is -3.81. The lowest BCUT2D eigenvalue weighted by atomic mass is 10.2. The fraction of sp³-hybridized carbons (Fsp3) is 0.429. The van der Waals surface area contributed by atoms with Crippen LogP contribution in [0.2, 0.25) is 0 Å². The molecule has 3 nitrogen and oxygen atoms in total. The summed E-state index contributed by atoms with van der Waals surface area (Å²) in [4.78, 5) is 0. The molecular formula is C14H20FO3P. The van der Waals surface area contributed by atoms with Gasteiger partial charge in [0.1, 0.15) is 0 Å². The summed E-state index contributed by atoms with van der Waals surface area (Å²) in [5, 5.41) is -2.16. The molecule has 1 rings (SSSR count). The van der Waals surface area contributed by atoms with Crippen molar-refractivity contribution in [3.8, 4) is 0 Å². The van der Waals surface area contributed by atoms with E-state index in [2.05, 4.69) is 0 Å². The average Bonchev–Trinajstić information content (AvgIpc) is 2.38. The summed E-state index contributed by atoms with van der Waals surface area (Å²) in [5.41, 5.74) is 0.825. The third-order valence-electron chi connectivity index (χ3n) is 2.51. The van der Waals surface area contributed by atoms with Crippen molar-refractivity contribution in [1.29, 1.82) is 0 Å². The van der Waals surface area contributed by atoms with Crippen LogP contribution in [0.4, 0.5) is 4.39 Å². The summed E-state index contributed by atoms with van der Waals surface area (Å²) in [5.74, 6) is 0. The third kappa shape index (κ3) is 4.27. The Morgan fingerprint density at radius 1 is 1.21 bits per heavy atom. The second-order valence-electron chi connectivity index (χ2n) is 4.10. The molecule has 0 bridgehead atoms. The van der Waals surface area contributed by atoms with Crippen molar-refractivity contribution < 1.29 is 18.0 Å². The molecule has 0 aliphatic carbocycles. The fourth-order valence-corrected chi connectivity index (χ4v) is 3.05. The molecule has 0 fully saturated rings. The monoisotopic (exact) mass is 286 g/mol. The van der Waals surface area contributed by atoms with Gasteiger partial charge < -0.3 is 9.05 Å². The normalized spacial score (nSPS) is 15.6. The molecule has 0 heterocycles. The Balaban J connectivity index is 2.94. The predicted octanol–water partition coefficient (Wildman–Crippen LogP) is 4.65. The Hall–Kier alpha value is -0.960. The summed E-state index contributed by atoms with van der Waals surface area (Å²) >= 11 is 0. The summed E-state index contributed by atoms with van der Waals surface area (Å²) in [6.07, 6.45) is 2.80. The fourth-order valence-electron chi connectivity index (χ4n) is 1.53. The molecule has 0 aromatic heterocycles. The molecule has 1 unspecified atom stereocenters. The maximum Gasteiger partial charge on any atom is 0.371 e. The van der Waals surface area contributed by atoms with Crippen LogP contribution >= 0.6 is 7.60 Å². The first-order chi connectivity index (χ1) is 8.95.